The van der Waals surface area contributed by atoms with Crippen molar-refractivity contribution in [1.82, 2.24) is 0 Å². The summed E-state index contributed by atoms with van der Waals surface area (Å²) >= 11 is 0. The molecule has 35 heavy (non-hydrogen) atoms. The fourth-order valence-electron chi connectivity index (χ4n) is 6.94. The summed E-state index contributed by atoms with van der Waals surface area (Å²) in [6.07, 6.45) is 3.11. The Morgan fingerprint density at radius 3 is 2.03 bits per heavy atom. The average molecular weight is 487 g/mol. The predicted octanol–water partition coefficient (Wildman–Crippen LogP) is 5.18. The Bertz CT molecular complexity index is 1020. The fraction of sp³-hybridized carbons (Fsp3) is 0.643. The van der Waals surface area contributed by atoms with Crippen LogP contribution in [0.5, 0.6) is 17.2 Å². The maximum Gasteiger partial charge on any atom is 0.157 e. The van der Waals surface area contributed by atoms with E-state index < -0.39 is 39.7 Å². The molecule has 1 aromatic carbocycles. The first-order valence-corrected chi connectivity index (χ1v) is 12.5. The van der Waals surface area contributed by atoms with Crippen molar-refractivity contribution >= 4 is 24.1 Å². The topological polar surface area (TPSA) is 129 Å². The maximum absolute atomic E-state index is 13.4. The quantitative estimate of drug-likeness (QED) is 0.388. The molecule has 5 atom stereocenters. The van der Waals surface area contributed by atoms with Crippen LogP contribution in [0.3, 0.4) is 0 Å². The van der Waals surface area contributed by atoms with E-state index in [1.807, 2.05) is 20.8 Å². The Labute approximate surface area is 206 Å². The number of carbonyl (C=O) groups is 4. The first kappa shape index (κ1) is 26.9. The highest BCUT2D eigenvalue weighted by Gasteiger charge is 2.67. The second-order valence-corrected chi connectivity index (χ2v) is 11.8. The van der Waals surface area contributed by atoms with E-state index in [9.17, 15) is 34.5 Å². The first-order valence-electron chi connectivity index (χ1n) is 12.5. The SMILES string of the molecule is CC(=O)CC[C@@H]1[C@H]([C@@H]2C(=O)CC[C@]2(C)C(CC(C)C)c2c(O)c(C=O)c(O)c(C=O)c2O)C1(C)C. The van der Waals surface area contributed by atoms with E-state index in [1.165, 1.54) is 0 Å². The van der Waals surface area contributed by atoms with Crippen molar-refractivity contribution < 1.29 is 34.5 Å². The molecular weight excluding hydrogens is 448 g/mol. The van der Waals surface area contributed by atoms with E-state index >= 15 is 0 Å². The molecule has 2 aliphatic rings. The van der Waals surface area contributed by atoms with Gasteiger partial charge < -0.3 is 20.1 Å². The van der Waals surface area contributed by atoms with Crippen molar-refractivity contribution in [3.63, 3.8) is 0 Å². The molecule has 0 saturated heterocycles. The van der Waals surface area contributed by atoms with Crippen molar-refractivity contribution in [2.45, 2.75) is 79.6 Å². The highest BCUT2D eigenvalue weighted by molar-refractivity contribution is 5.95. The van der Waals surface area contributed by atoms with Gasteiger partial charge in [0.25, 0.3) is 0 Å². The molecular formula is C28H38O7. The van der Waals surface area contributed by atoms with E-state index in [2.05, 4.69) is 13.8 Å². The number of carbonyl (C=O) groups excluding carboxylic acids is 4. The lowest BCUT2D eigenvalue weighted by atomic mass is 9.62. The normalized spacial score (nSPS) is 28.2. The van der Waals surface area contributed by atoms with Gasteiger partial charge in [-0.1, -0.05) is 34.6 Å². The molecule has 3 rings (SSSR count). The number of rotatable bonds is 10. The van der Waals surface area contributed by atoms with Gasteiger partial charge in [0.1, 0.15) is 28.8 Å². The molecule has 0 radical (unpaired) electrons. The zero-order valence-corrected chi connectivity index (χ0v) is 21.6. The number of benzene rings is 1. The lowest BCUT2D eigenvalue weighted by Crippen LogP contribution is -2.36. The van der Waals surface area contributed by atoms with Crippen LogP contribution in [0.2, 0.25) is 0 Å². The highest BCUT2D eigenvalue weighted by atomic mass is 16.3. The van der Waals surface area contributed by atoms with Crippen LogP contribution in [0.4, 0.5) is 0 Å². The number of hydrogen-bond donors (Lipinski definition) is 3. The molecule has 7 heteroatoms. The summed E-state index contributed by atoms with van der Waals surface area (Å²) in [7, 11) is 0. The molecule has 1 aromatic rings. The van der Waals surface area contributed by atoms with E-state index in [0.29, 0.717) is 32.1 Å². The van der Waals surface area contributed by atoms with E-state index in [0.717, 1.165) is 0 Å². The molecule has 0 bridgehead atoms. The summed E-state index contributed by atoms with van der Waals surface area (Å²) in [5.74, 6) is -2.13. The molecule has 0 heterocycles. The largest absolute Gasteiger partial charge is 0.507 e. The average Bonchev–Trinajstić information content (AvgIpc) is 3.14. The third-order valence-electron chi connectivity index (χ3n) is 8.89. The van der Waals surface area contributed by atoms with Crippen LogP contribution < -0.4 is 0 Å². The second kappa shape index (κ2) is 9.40. The molecule has 2 fully saturated rings. The van der Waals surface area contributed by atoms with Crippen LogP contribution in [0.1, 0.15) is 106 Å². The van der Waals surface area contributed by atoms with Crippen molar-refractivity contribution in [2.75, 3.05) is 0 Å². The minimum Gasteiger partial charge on any atom is -0.507 e. The zero-order chi connectivity index (χ0) is 26.5. The van der Waals surface area contributed by atoms with Gasteiger partial charge in [0.15, 0.2) is 12.6 Å². The molecule has 3 N–H and O–H groups in total. The summed E-state index contributed by atoms with van der Waals surface area (Å²) in [5.41, 5.74) is -1.64. The number of aldehydes is 2. The molecule has 192 valence electrons. The Kier molecular flexibility index (Phi) is 7.22. The lowest BCUT2D eigenvalue weighted by molar-refractivity contribution is -0.123. The smallest absolute Gasteiger partial charge is 0.157 e. The standard InChI is InChI=1S/C28H38O7/c1-14(2)11-19(21-25(34)16(12-29)24(33)17(13-30)26(21)35)28(6)10-9-20(32)23(28)22-18(27(22,4)5)8-7-15(3)31/h12-14,18-19,22-23,33-35H,7-11H2,1-6H3/t18-,19?,22-,23+,28-/m1/s1. The lowest BCUT2D eigenvalue weighted by Gasteiger charge is -2.41. The fourth-order valence-corrected chi connectivity index (χ4v) is 6.94. The highest BCUT2D eigenvalue weighted by Crippen LogP contribution is 2.71. The Hall–Kier alpha value is -2.70. The van der Waals surface area contributed by atoms with Crippen LogP contribution in [-0.4, -0.2) is 39.5 Å². The summed E-state index contributed by atoms with van der Waals surface area (Å²) < 4.78 is 0. The van der Waals surface area contributed by atoms with Crippen LogP contribution in [0.25, 0.3) is 0 Å². The Morgan fingerprint density at radius 2 is 1.57 bits per heavy atom. The van der Waals surface area contributed by atoms with Gasteiger partial charge in [0, 0.05) is 24.3 Å². The van der Waals surface area contributed by atoms with Crippen LogP contribution in [-0.2, 0) is 9.59 Å². The minimum atomic E-state index is -0.756. The van der Waals surface area contributed by atoms with Crippen molar-refractivity contribution in [2.24, 2.45) is 34.5 Å². The molecule has 0 amide bonds. The molecule has 2 aliphatic carbocycles. The van der Waals surface area contributed by atoms with Gasteiger partial charge in [-0.2, -0.15) is 0 Å². The molecule has 0 aromatic heterocycles. The van der Waals surface area contributed by atoms with Crippen LogP contribution in [0.15, 0.2) is 0 Å². The third-order valence-corrected chi connectivity index (χ3v) is 8.89. The molecule has 0 aliphatic heterocycles. The van der Waals surface area contributed by atoms with E-state index in [1.54, 1.807) is 6.92 Å². The van der Waals surface area contributed by atoms with E-state index in [4.69, 9.17) is 0 Å². The number of Topliss-reactive ketones (excluding diaryl/α,β-unsaturated/α-hetero) is 2. The summed E-state index contributed by atoms with van der Waals surface area (Å²) in [4.78, 5) is 48.5. The Balaban J connectivity index is 2.18. The van der Waals surface area contributed by atoms with Crippen LogP contribution >= 0.6 is 0 Å². The molecule has 0 spiro atoms. The third kappa shape index (κ3) is 4.38. The second-order valence-electron chi connectivity index (χ2n) is 11.8. The molecule has 2 saturated carbocycles. The van der Waals surface area contributed by atoms with Crippen molar-refractivity contribution in [3.05, 3.63) is 16.7 Å². The van der Waals surface area contributed by atoms with E-state index in [-0.39, 0.29) is 58.8 Å². The minimum absolute atomic E-state index is 0.0432. The summed E-state index contributed by atoms with van der Waals surface area (Å²) in [6, 6.07) is 0. The number of hydrogen-bond acceptors (Lipinski definition) is 7. The van der Waals surface area contributed by atoms with Gasteiger partial charge in [-0.05, 0) is 60.7 Å². The molecule has 7 nitrogen and oxygen atoms in total. The summed E-state index contributed by atoms with van der Waals surface area (Å²) in [5, 5.41) is 32.4. The van der Waals surface area contributed by atoms with Crippen molar-refractivity contribution in [1.29, 1.82) is 0 Å². The van der Waals surface area contributed by atoms with Gasteiger partial charge in [-0.25, -0.2) is 0 Å². The van der Waals surface area contributed by atoms with Crippen LogP contribution in [0, 0.1) is 34.5 Å². The number of phenols is 3. The van der Waals surface area contributed by atoms with Gasteiger partial charge in [-0.3, -0.25) is 14.4 Å². The predicted molar refractivity (Wildman–Crippen MR) is 131 cm³/mol. The zero-order valence-electron chi connectivity index (χ0n) is 21.6. The summed E-state index contributed by atoms with van der Waals surface area (Å²) in [6.45, 7) is 11.8. The van der Waals surface area contributed by atoms with Gasteiger partial charge in [-0.15, -0.1) is 0 Å². The Morgan fingerprint density at radius 1 is 1.03 bits per heavy atom. The van der Waals surface area contributed by atoms with Crippen molar-refractivity contribution in [3.8, 4) is 17.2 Å². The van der Waals surface area contributed by atoms with Gasteiger partial charge >= 0.3 is 0 Å². The number of ketones is 2. The monoisotopic (exact) mass is 486 g/mol. The van der Waals surface area contributed by atoms with Gasteiger partial charge in [0.2, 0.25) is 0 Å². The van der Waals surface area contributed by atoms with Gasteiger partial charge in [0.05, 0.1) is 11.1 Å². The number of aromatic hydroxyl groups is 3. The maximum atomic E-state index is 13.4. The number of phenolic OH excluding ortho intramolecular Hbond substituents is 3. The first-order chi connectivity index (χ1) is 16.2. The molecule has 1 unspecified atom stereocenters.